The molecule has 20 heavy (non-hydrogen) atoms. The highest BCUT2D eigenvalue weighted by atomic mass is 19.1. The molecule has 0 radical (unpaired) electrons. The van der Waals surface area contributed by atoms with Crippen LogP contribution in [0.1, 0.15) is 16.8 Å². The van der Waals surface area contributed by atoms with Crippen LogP contribution >= 0.6 is 0 Å². The molecule has 0 saturated heterocycles. The second-order valence-electron chi connectivity index (χ2n) is 4.19. The Kier molecular flexibility index (Phi) is 5.92. The molecule has 1 aromatic carbocycles. The Bertz CT molecular complexity index is 493. The summed E-state index contributed by atoms with van der Waals surface area (Å²) < 4.78 is 18.0. The van der Waals surface area contributed by atoms with Crippen molar-refractivity contribution in [2.24, 2.45) is 0 Å². The number of nitrogens with one attached hydrogen (secondary N) is 1. The van der Waals surface area contributed by atoms with Gasteiger partial charge in [-0.25, -0.2) is 14.0 Å². The van der Waals surface area contributed by atoms with Crippen LogP contribution in [-0.4, -0.2) is 49.3 Å². The van der Waals surface area contributed by atoms with Crippen LogP contribution in [0.2, 0.25) is 0 Å². The van der Waals surface area contributed by atoms with Crippen molar-refractivity contribution in [3.63, 3.8) is 0 Å². The topological polar surface area (TPSA) is 78.9 Å². The van der Waals surface area contributed by atoms with Gasteiger partial charge < -0.3 is 20.1 Å². The number of rotatable bonds is 6. The number of ether oxygens (including phenoxy) is 1. The fourth-order valence-electron chi connectivity index (χ4n) is 1.56. The zero-order chi connectivity index (χ0) is 15.1. The van der Waals surface area contributed by atoms with Gasteiger partial charge in [-0.05, 0) is 24.6 Å². The van der Waals surface area contributed by atoms with Crippen molar-refractivity contribution in [3.05, 3.63) is 29.6 Å². The van der Waals surface area contributed by atoms with Crippen molar-refractivity contribution in [2.45, 2.75) is 6.42 Å². The maximum Gasteiger partial charge on any atom is 0.337 e. The second-order valence-corrected chi connectivity index (χ2v) is 4.19. The third-order valence-corrected chi connectivity index (χ3v) is 2.64. The molecule has 0 atom stereocenters. The van der Waals surface area contributed by atoms with Gasteiger partial charge in [0.2, 0.25) is 0 Å². The van der Waals surface area contributed by atoms with E-state index in [2.05, 4.69) is 5.32 Å². The number of anilines is 1. The van der Waals surface area contributed by atoms with Crippen molar-refractivity contribution in [3.8, 4) is 0 Å². The summed E-state index contributed by atoms with van der Waals surface area (Å²) >= 11 is 0. The lowest BCUT2D eigenvalue weighted by atomic mass is 10.2. The molecule has 0 aromatic heterocycles. The van der Waals surface area contributed by atoms with Crippen molar-refractivity contribution < 1.29 is 23.8 Å². The van der Waals surface area contributed by atoms with E-state index in [4.69, 9.17) is 9.84 Å². The van der Waals surface area contributed by atoms with Crippen LogP contribution in [0, 0.1) is 5.82 Å². The summed E-state index contributed by atoms with van der Waals surface area (Å²) in [6.45, 7) is 0.954. The molecular weight excluding hydrogens is 267 g/mol. The lowest BCUT2D eigenvalue weighted by molar-refractivity contribution is 0.0698. The fourth-order valence-corrected chi connectivity index (χ4v) is 1.56. The van der Waals surface area contributed by atoms with E-state index in [1.54, 1.807) is 14.2 Å². The molecule has 110 valence electrons. The predicted octanol–water partition coefficient (Wildman–Crippen LogP) is 2.02. The second kappa shape index (κ2) is 7.44. The van der Waals surface area contributed by atoms with E-state index in [-0.39, 0.29) is 11.3 Å². The molecule has 0 bridgehead atoms. The van der Waals surface area contributed by atoms with Crippen LogP contribution in [0.25, 0.3) is 0 Å². The van der Waals surface area contributed by atoms with Crippen LogP contribution in [0.4, 0.5) is 14.9 Å². The first-order valence-corrected chi connectivity index (χ1v) is 5.99. The first-order valence-electron chi connectivity index (χ1n) is 5.99. The standard InChI is InChI=1S/C13H17FN2O4/c1-16(6-3-7-20-2)13(19)15-11-8-9(14)4-5-10(11)12(17)18/h4-5,8H,3,6-7H2,1-2H3,(H,15,19)(H,17,18). The molecule has 0 fully saturated rings. The van der Waals surface area contributed by atoms with Gasteiger partial charge >= 0.3 is 12.0 Å². The molecule has 6 nitrogen and oxygen atoms in total. The zero-order valence-electron chi connectivity index (χ0n) is 11.4. The number of hydrogen-bond donors (Lipinski definition) is 2. The van der Waals surface area contributed by atoms with Gasteiger partial charge in [-0.1, -0.05) is 0 Å². The number of carbonyl (C=O) groups excluding carboxylic acids is 1. The number of benzene rings is 1. The number of nitrogens with zero attached hydrogens (tertiary/aromatic N) is 1. The Labute approximate surface area is 116 Å². The first-order chi connectivity index (χ1) is 9.45. The van der Waals surface area contributed by atoms with Gasteiger partial charge in [0.05, 0.1) is 11.3 Å². The highest BCUT2D eigenvalue weighted by Gasteiger charge is 2.15. The summed E-state index contributed by atoms with van der Waals surface area (Å²) in [6.07, 6.45) is 0.648. The van der Waals surface area contributed by atoms with E-state index < -0.39 is 17.8 Å². The van der Waals surface area contributed by atoms with Crippen LogP contribution < -0.4 is 5.32 Å². The van der Waals surface area contributed by atoms with Crippen molar-refractivity contribution >= 4 is 17.7 Å². The van der Waals surface area contributed by atoms with E-state index in [0.29, 0.717) is 19.6 Å². The summed E-state index contributed by atoms with van der Waals surface area (Å²) in [5.41, 5.74) is -0.230. The lowest BCUT2D eigenvalue weighted by Crippen LogP contribution is -2.33. The minimum absolute atomic E-state index is 0.0684. The van der Waals surface area contributed by atoms with E-state index >= 15 is 0 Å². The first kappa shape index (κ1) is 15.9. The molecule has 2 amide bonds. The van der Waals surface area contributed by atoms with Crippen molar-refractivity contribution in [1.29, 1.82) is 0 Å². The Balaban J connectivity index is 2.74. The van der Waals surface area contributed by atoms with Gasteiger partial charge in [0.15, 0.2) is 0 Å². The average molecular weight is 284 g/mol. The predicted molar refractivity (Wildman–Crippen MR) is 71.5 cm³/mol. The van der Waals surface area contributed by atoms with E-state index in [0.717, 1.165) is 18.2 Å². The number of methoxy groups -OCH3 is 1. The number of amides is 2. The van der Waals surface area contributed by atoms with Gasteiger partial charge in [-0.2, -0.15) is 0 Å². The van der Waals surface area contributed by atoms with Gasteiger partial charge in [-0.3, -0.25) is 0 Å². The normalized spacial score (nSPS) is 10.2. The summed E-state index contributed by atoms with van der Waals surface area (Å²) in [6, 6.07) is 2.61. The molecule has 0 aliphatic rings. The molecule has 0 spiro atoms. The number of carbonyl (C=O) groups is 2. The van der Waals surface area contributed by atoms with Gasteiger partial charge in [-0.15, -0.1) is 0 Å². The lowest BCUT2D eigenvalue weighted by Gasteiger charge is -2.18. The summed E-state index contributed by atoms with van der Waals surface area (Å²) in [7, 11) is 3.12. The molecule has 1 aromatic rings. The van der Waals surface area contributed by atoms with Gasteiger partial charge in [0, 0.05) is 27.3 Å². The molecule has 1 rings (SSSR count). The Morgan fingerprint density at radius 3 is 2.75 bits per heavy atom. The number of carboxylic acid groups (broad SMARTS) is 1. The monoisotopic (exact) mass is 284 g/mol. The quantitative estimate of drug-likeness (QED) is 0.783. The summed E-state index contributed by atoms with van der Waals surface area (Å²) in [5.74, 6) is -1.85. The average Bonchev–Trinajstić information content (AvgIpc) is 2.38. The molecular formula is C13H17FN2O4. The zero-order valence-corrected chi connectivity index (χ0v) is 11.4. The molecule has 2 N–H and O–H groups in total. The minimum Gasteiger partial charge on any atom is -0.478 e. The third-order valence-electron chi connectivity index (χ3n) is 2.64. The number of aromatic carboxylic acids is 1. The number of hydrogen-bond acceptors (Lipinski definition) is 3. The van der Waals surface area contributed by atoms with Crippen LogP contribution in [0.3, 0.4) is 0 Å². The van der Waals surface area contributed by atoms with E-state index in [1.165, 1.54) is 4.90 Å². The number of urea groups is 1. The molecule has 0 aliphatic heterocycles. The fraction of sp³-hybridized carbons (Fsp3) is 0.385. The highest BCUT2D eigenvalue weighted by Crippen LogP contribution is 2.17. The Hall–Kier alpha value is -2.15. The van der Waals surface area contributed by atoms with Gasteiger partial charge in [0.25, 0.3) is 0 Å². The molecule has 7 heteroatoms. The molecule has 0 unspecified atom stereocenters. The minimum atomic E-state index is -1.23. The Morgan fingerprint density at radius 1 is 1.45 bits per heavy atom. The van der Waals surface area contributed by atoms with Crippen LogP contribution in [-0.2, 0) is 4.74 Å². The maximum absolute atomic E-state index is 13.1. The van der Waals surface area contributed by atoms with E-state index in [9.17, 15) is 14.0 Å². The van der Waals surface area contributed by atoms with Crippen LogP contribution in [0.5, 0.6) is 0 Å². The number of carboxylic acids is 1. The van der Waals surface area contributed by atoms with E-state index in [1.807, 2.05) is 0 Å². The van der Waals surface area contributed by atoms with Crippen LogP contribution in [0.15, 0.2) is 18.2 Å². The largest absolute Gasteiger partial charge is 0.478 e. The maximum atomic E-state index is 13.1. The summed E-state index contributed by atoms with van der Waals surface area (Å²) in [4.78, 5) is 24.2. The highest BCUT2D eigenvalue weighted by molar-refractivity contribution is 5.99. The SMILES string of the molecule is COCCCN(C)C(=O)Nc1cc(F)ccc1C(=O)O. The van der Waals surface area contributed by atoms with Gasteiger partial charge in [0.1, 0.15) is 5.82 Å². The number of halogens is 1. The van der Waals surface area contributed by atoms with Crippen molar-refractivity contribution in [1.82, 2.24) is 4.90 Å². The molecule has 0 saturated carbocycles. The third kappa shape index (κ3) is 4.51. The summed E-state index contributed by atoms with van der Waals surface area (Å²) in [5, 5.41) is 11.4. The molecule has 0 heterocycles. The van der Waals surface area contributed by atoms with Crippen molar-refractivity contribution in [2.75, 3.05) is 32.6 Å². The smallest absolute Gasteiger partial charge is 0.337 e. The molecule has 0 aliphatic carbocycles. The Morgan fingerprint density at radius 2 is 2.15 bits per heavy atom.